The lowest BCUT2D eigenvalue weighted by Gasteiger charge is -2.35. The number of fused-ring (bicyclic) bond motifs is 4. The van der Waals surface area contributed by atoms with E-state index in [-0.39, 0.29) is 24.6 Å². The number of anilines is 1. The zero-order valence-electron chi connectivity index (χ0n) is 22.3. The molecule has 7 heteroatoms. The monoisotopic (exact) mass is 521 g/mol. The van der Waals surface area contributed by atoms with Crippen LogP contribution in [-0.2, 0) is 16.0 Å². The van der Waals surface area contributed by atoms with Gasteiger partial charge in [0.2, 0.25) is 18.6 Å². The number of benzene rings is 3. The summed E-state index contributed by atoms with van der Waals surface area (Å²) in [5.74, 6) is 1.28. The molecule has 0 radical (unpaired) electrons. The Morgan fingerprint density at radius 3 is 2.56 bits per heavy atom. The Morgan fingerprint density at radius 1 is 1.00 bits per heavy atom. The molecule has 0 saturated carbocycles. The van der Waals surface area contributed by atoms with Gasteiger partial charge in [-0.15, -0.1) is 0 Å². The molecule has 2 amide bonds. The van der Waals surface area contributed by atoms with Crippen molar-refractivity contribution in [1.29, 1.82) is 0 Å². The van der Waals surface area contributed by atoms with Crippen LogP contribution in [0.3, 0.4) is 0 Å². The molecule has 1 atom stereocenters. The van der Waals surface area contributed by atoms with Gasteiger partial charge in [0.25, 0.3) is 0 Å². The number of hydrogen-bond acceptors (Lipinski definition) is 4. The maximum atomic E-state index is 13.6. The van der Waals surface area contributed by atoms with Crippen molar-refractivity contribution in [2.45, 2.75) is 33.2 Å². The normalized spacial score (nSPS) is 16.5. The predicted molar refractivity (Wildman–Crippen MR) is 152 cm³/mol. The van der Waals surface area contributed by atoms with E-state index in [0.29, 0.717) is 18.0 Å². The minimum atomic E-state index is -0.473. The van der Waals surface area contributed by atoms with Crippen molar-refractivity contribution in [3.8, 4) is 11.5 Å². The number of nitrogens with zero attached hydrogens (tertiary/aromatic N) is 1. The summed E-state index contributed by atoms with van der Waals surface area (Å²) in [6.07, 6.45) is 4.20. The van der Waals surface area contributed by atoms with E-state index in [1.807, 2.05) is 86.3 Å². The van der Waals surface area contributed by atoms with Crippen molar-refractivity contribution >= 4 is 34.5 Å². The van der Waals surface area contributed by atoms with Crippen LogP contribution in [0.4, 0.5) is 5.69 Å². The van der Waals surface area contributed by atoms with Crippen molar-refractivity contribution in [3.63, 3.8) is 0 Å². The van der Waals surface area contributed by atoms with Crippen molar-refractivity contribution in [1.82, 2.24) is 9.88 Å². The number of carbonyl (C=O) groups is 2. The lowest BCUT2D eigenvalue weighted by Crippen LogP contribution is -2.39. The van der Waals surface area contributed by atoms with Gasteiger partial charge in [-0.2, -0.15) is 0 Å². The molecule has 2 aliphatic rings. The third kappa shape index (κ3) is 4.76. The lowest BCUT2D eigenvalue weighted by atomic mass is 9.92. The molecule has 0 spiro atoms. The summed E-state index contributed by atoms with van der Waals surface area (Å²) < 4.78 is 11.2. The van der Waals surface area contributed by atoms with Crippen LogP contribution in [0.2, 0.25) is 0 Å². The van der Waals surface area contributed by atoms with Crippen molar-refractivity contribution in [2.24, 2.45) is 5.41 Å². The van der Waals surface area contributed by atoms with Crippen LogP contribution in [0, 0.1) is 5.41 Å². The van der Waals surface area contributed by atoms with Crippen molar-refractivity contribution in [2.75, 3.05) is 18.7 Å². The largest absolute Gasteiger partial charge is 0.454 e. The molecule has 4 aromatic rings. The van der Waals surface area contributed by atoms with Crippen LogP contribution >= 0.6 is 0 Å². The van der Waals surface area contributed by atoms with E-state index >= 15 is 0 Å². The number of nitrogens with one attached hydrogen (secondary N) is 2. The molecule has 0 bridgehead atoms. The topological polar surface area (TPSA) is 83.7 Å². The second-order valence-corrected chi connectivity index (χ2v) is 11.0. The summed E-state index contributed by atoms with van der Waals surface area (Å²) >= 11 is 0. The molecule has 3 heterocycles. The Labute approximate surface area is 227 Å². The number of hydrogen-bond donors (Lipinski definition) is 2. The van der Waals surface area contributed by atoms with Gasteiger partial charge in [-0.25, -0.2) is 0 Å². The minimum absolute atomic E-state index is 0.0445. The molecule has 0 saturated heterocycles. The smallest absolute Gasteiger partial charge is 0.247 e. The van der Waals surface area contributed by atoms with Crippen LogP contribution in [0.1, 0.15) is 49.2 Å². The fourth-order valence-corrected chi connectivity index (χ4v) is 5.17. The first-order chi connectivity index (χ1) is 18.8. The molecule has 1 unspecified atom stereocenters. The molecule has 1 aromatic heterocycles. The van der Waals surface area contributed by atoms with E-state index in [9.17, 15) is 9.59 Å². The fourth-order valence-electron chi connectivity index (χ4n) is 5.17. The summed E-state index contributed by atoms with van der Waals surface area (Å²) in [7, 11) is 0. The van der Waals surface area contributed by atoms with Crippen LogP contribution in [0.15, 0.2) is 72.8 Å². The molecular weight excluding hydrogens is 490 g/mol. The van der Waals surface area contributed by atoms with E-state index < -0.39 is 5.41 Å². The number of carbonyl (C=O) groups excluding carboxylic acids is 2. The van der Waals surface area contributed by atoms with Gasteiger partial charge in [0.1, 0.15) is 0 Å². The van der Waals surface area contributed by atoms with Crippen LogP contribution < -0.4 is 14.8 Å². The van der Waals surface area contributed by atoms with Gasteiger partial charge in [0.05, 0.1) is 6.04 Å². The fraction of sp³-hybridized carbons (Fsp3) is 0.250. The zero-order chi connectivity index (χ0) is 27.1. The van der Waals surface area contributed by atoms with E-state index in [4.69, 9.17) is 9.47 Å². The molecule has 0 aliphatic carbocycles. The zero-order valence-corrected chi connectivity index (χ0v) is 22.3. The minimum Gasteiger partial charge on any atom is -0.454 e. The molecule has 198 valence electrons. The highest BCUT2D eigenvalue weighted by molar-refractivity contribution is 5.95. The number of H-pyrrole nitrogens is 1. The summed E-state index contributed by atoms with van der Waals surface area (Å²) in [5, 5.41) is 4.12. The molecule has 2 aliphatic heterocycles. The SMILES string of the molecule is CC(C)(C)C(=O)Nc1ccc(/C=C/C(=O)N2CCc3c([nH]c4ccccc34)C2c2ccc3c(c2)OCO3)cc1. The van der Waals surface area contributed by atoms with Gasteiger partial charge >= 0.3 is 0 Å². The molecule has 7 nitrogen and oxygen atoms in total. The number of amides is 2. The average molecular weight is 522 g/mol. The highest BCUT2D eigenvalue weighted by atomic mass is 16.7. The van der Waals surface area contributed by atoms with Gasteiger partial charge in [-0.1, -0.05) is 57.2 Å². The van der Waals surface area contributed by atoms with Crippen molar-refractivity contribution in [3.05, 3.63) is 95.2 Å². The number of ether oxygens (including phenoxy) is 2. The van der Waals surface area contributed by atoms with Crippen LogP contribution in [0.5, 0.6) is 11.5 Å². The van der Waals surface area contributed by atoms with E-state index in [0.717, 1.165) is 34.4 Å². The Bertz CT molecular complexity index is 1590. The Balaban J connectivity index is 1.28. The first kappa shape index (κ1) is 24.8. The predicted octanol–water partition coefficient (Wildman–Crippen LogP) is 6.07. The Morgan fingerprint density at radius 2 is 1.77 bits per heavy atom. The van der Waals surface area contributed by atoms with E-state index in [2.05, 4.69) is 22.4 Å². The maximum absolute atomic E-state index is 13.6. The number of aromatic nitrogens is 1. The third-order valence-corrected chi connectivity index (χ3v) is 7.30. The maximum Gasteiger partial charge on any atom is 0.247 e. The molecule has 0 fully saturated rings. The van der Waals surface area contributed by atoms with Gasteiger partial charge in [0, 0.05) is 40.3 Å². The Kier molecular flexibility index (Phi) is 6.14. The molecule has 2 N–H and O–H groups in total. The summed E-state index contributed by atoms with van der Waals surface area (Å²) in [6.45, 7) is 6.42. The second kappa shape index (κ2) is 9.66. The number of para-hydroxylation sites is 1. The van der Waals surface area contributed by atoms with Crippen molar-refractivity contribution < 1.29 is 19.1 Å². The van der Waals surface area contributed by atoms with Gasteiger partial charge in [-0.05, 0) is 59.5 Å². The average Bonchev–Trinajstić information content (AvgIpc) is 3.55. The third-order valence-electron chi connectivity index (χ3n) is 7.30. The second-order valence-electron chi connectivity index (χ2n) is 11.0. The van der Waals surface area contributed by atoms with Gasteiger partial charge < -0.3 is 24.7 Å². The summed E-state index contributed by atoms with van der Waals surface area (Å²) in [6, 6.07) is 21.4. The molecule has 6 rings (SSSR count). The summed E-state index contributed by atoms with van der Waals surface area (Å²) in [4.78, 5) is 31.4. The van der Waals surface area contributed by atoms with Crippen LogP contribution in [0.25, 0.3) is 17.0 Å². The van der Waals surface area contributed by atoms with E-state index in [1.165, 1.54) is 10.9 Å². The van der Waals surface area contributed by atoms with Crippen LogP contribution in [-0.4, -0.2) is 35.0 Å². The highest BCUT2D eigenvalue weighted by Crippen LogP contribution is 2.42. The number of rotatable bonds is 4. The first-order valence-electron chi connectivity index (χ1n) is 13.2. The Hall–Kier alpha value is -4.52. The summed E-state index contributed by atoms with van der Waals surface area (Å²) in [5.41, 5.74) is 5.43. The van der Waals surface area contributed by atoms with Gasteiger partial charge in [0.15, 0.2) is 11.5 Å². The number of aromatic amines is 1. The standard InChI is InChI=1S/C32H31N3O4/c1-32(2,3)31(37)33-22-12-8-20(9-13-22)10-15-28(36)35-17-16-24-23-6-4-5-7-25(23)34-29(24)30(35)21-11-14-26-27(18-21)39-19-38-26/h4-15,18,30,34H,16-17,19H2,1-3H3,(H,33,37)/b15-10+. The molecule has 39 heavy (non-hydrogen) atoms. The quantitative estimate of drug-likeness (QED) is 0.320. The lowest BCUT2D eigenvalue weighted by molar-refractivity contribution is -0.128. The molecule has 3 aromatic carbocycles. The highest BCUT2D eigenvalue weighted by Gasteiger charge is 2.34. The molecular formula is C32H31N3O4. The van der Waals surface area contributed by atoms with E-state index in [1.54, 1.807) is 6.08 Å². The van der Waals surface area contributed by atoms with Gasteiger partial charge in [-0.3, -0.25) is 9.59 Å². The first-order valence-corrected chi connectivity index (χ1v) is 13.2.